The van der Waals surface area contributed by atoms with Crippen LogP contribution in [0.3, 0.4) is 0 Å². The lowest BCUT2D eigenvalue weighted by Gasteiger charge is -2.20. The van der Waals surface area contributed by atoms with Crippen molar-refractivity contribution in [3.05, 3.63) is 82.7 Å². The monoisotopic (exact) mass is 381 g/mol. The van der Waals surface area contributed by atoms with E-state index in [-0.39, 0.29) is 18.3 Å². The van der Waals surface area contributed by atoms with Gasteiger partial charge in [0.1, 0.15) is 23.4 Å². The number of nitrogens with zero attached hydrogens (tertiary/aromatic N) is 2. The highest BCUT2D eigenvalue weighted by atomic mass is 19.1. The predicted molar refractivity (Wildman–Crippen MR) is 106 cm³/mol. The van der Waals surface area contributed by atoms with Crippen LogP contribution in [0.2, 0.25) is 0 Å². The number of amides is 1. The zero-order valence-electron chi connectivity index (χ0n) is 16.5. The molecule has 0 aliphatic rings. The molecule has 0 aliphatic heterocycles. The van der Waals surface area contributed by atoms with Gasteiger partial charge in [-0.1, -0.05) is 29.8 Å². The normalized spacial score (nSPS) is 11.9. The number of aryl methyl sites for hydroxylation is 4. The van der Waals surface area contributed by atoms with Crippen LogP contribution in [0.1, 0.15) is 34.1 Å². The van der Waals surface area contributed by atoms with E-state index in [1.54, 1.807) is 29.1 Å². The molecule has 0 unspecified atom stereocenters. The lowest BCUT2D eigenvalue weighted by molar-refractivity contribution is -0.123. The molecule has 1 heterocycles. The predicted octanol–water partition coefficient (Wildman–Crippen LogP) is 3.77. The first kappa shape index (κ1) is 19.6. The van der Waals surface area contributed by atoms with E-state index >= 15 is 0 Å². The van der Waals surface area contributed by atoms with Gasteiger partial charge in [0.05, 0.1) is 0 Å². The van der Waals surface area contributed by atoms with E-state index in [1.165, 1.54) is 12.1 Å². The van der Waals surface area contributed by atoms with Crippen molar-refractivity contribution >= 4 is 5.91 Å². The molecule has 0 saturated heterocycles. The lowest BCUT2D eigenvalue weighted by Crippen LogP contribution is -2.34. The third-order valence-electron chi connectivity index (χ3n) is 4.56. The van der Waals surface area contributed by atoms with Gasteiger partial charge in [-0.3, -0.25) is 4.79 Å². The van der Waals surface area contributed by atoms with E-state index in [4.69, 9.17) is 4.74 Å². The van der Waals surface area contributed by atoms with Crippen LogP contribution < -0.4 is 10.1 Å². The maximum absolute atomic E-state index is 13.7. The summed E-state index contributed by atoms with van der Waals surface area (Å²) in [5.41, 5.74) is 3.73. The van der Waals surface area contributed by atoms with Gasteiger partial charge in [-0.05, 0) is 49.6 Å². The SMILES string of the molecule is Cc1cc(C)c(OCC(=O)N[C@H](c2cccc(F)c2)c2nccn2C)c(C)c1. The number of aromatic nitrogens is 2. The largest absolute Gasteiger partial charge is 0.483 e. The molecule has 0 bridgehead atoms. The van der Waals surface area contributed by atoms with Gasteiger partial charge in [-0.15, -0.1) is 0 Å². The molecule has 2 aromatic carbocycles. The van der Waals surface area contributed by atoms with Gasteiger partial charge in [0.15, 0.2) is 6.61 Å². The second-order valence-electron chi connectivity index (χ2n) is 6.97. The average Bonchev–Trinajstić information content (AvgIpc) is 3.04. The van der Waals surface area contributed by atoms with Gasteiger partial charge < -0.3 is 14.6 Å². The number of carbonyl (C=O) groups is 1. The number of ether oxygens (including phenoxy) is 1. The second-order valence-corrected chi connectivity index (χ2v) is 6.97. The van der Waals surface area contributed by atoms with Crippen LogP contribution in [0.15, 0.2) is 48.8 Å². The maximum Gasteiger partial charge on any atom is 0.258 e. The van der Waals surface area contributed by atoms with Crippen LogP contribution in [0.5, 0.6) is 5.75 Å². The second kappa shape index (κ2) is 8.25. The van der Waals surface area contributed by atoms with Gasteiger partial charge >= 0.3 is 0 Å². The molecule has 0 spiro atoms. The lowest BCUT2D eigenvalue weighted by atomic mass is 10.1. The van der Waals surface area contributed by atoms with Gasteiger partial charge in [0.25, 0.3) is 5.91 Å². The zero-order chi connectivity index (χ0) is 20.3. The molecule has 3 aromatic rings. The number of halogens is 1. The average molecular weight is 381 g/mol. The standard InChI is InChI=1S/C22H24FN3O2/c1-14-10-15(2)21(16(3)11-14)28-13-19(27)25-20(22-24-8-9-26(22)4)17-6-5-7-18(23)12-17/h5-12,20H,13H2,1-4H3,(H,25,27)/t20-/m1/s1. The third kappa shape index (κ3) is 4.39. The summed E-state index contributed by atoms with van der Waals surface area (Å²) in [7, 11) is 1.83. The summed E-state index contributed by atoms with van der Waals surface area (Å²) in [5.74, 6) is 0.645. The number of nitrogens with one attached hydrogen (secondary N) is 1. The highest BCUT2D eigenvalue weighted by molar-refractivity contribution is 5.78. The Labute approximate surface area is 164 Å². The van der Waals surface area contributed by atoms with Crippen molar-refractivity contribution in [2.24, 2.45) is 7.05 Å². The van der Waals surface area contributed by atoms with E-state index in [0.29, 0.717) is 17.1 Å². The van der Waals surface area contributed by atoms with Gasteiger partial charge in [-0.2, -0.15) is 0 Å². The van der Waals surface area contributed by atoms with E-state index < -0.39 is 6.04 Å². The first-order chi connectivity index (χ1) is 13.3. The van der Waals surface area contributed by atoms with Crippen LogP contribution in [-0.2, 0) is 11.8 Å². The first-order valence-corrected chi connectivity index (χ1v) is 9.08. The number of benzene rings is 2. The number of rotatable bonds is 6. The molecule has 1 aromatic heterocycles. The molecule has 0 aliphatic carbocycles. The molecule has 0 fully saturated rings. The quantitative estimate of drug-likeness (QED) is 0.707. The fourth-order valence-electron chi connectivity index (χ4n) is 3.37. The molecule has 28 heavy (non-hydrogen) atoms. The molecular formula is C22H24FN3O2. The van der Waals surface area contributed by atoms with Crippen LogP contribution in [0.4, 0.5) is 4.39 Å². The van der Waals surface area contributed by atoms with Crippen LogP contribution in [0, 0.1) is 26.6 Å². The highest BCUT2D eigenvalue weighted by Gasteiger charge is 2.21. The van der Waals surface area contributed by atoms with E-state index in [9.17, 15) is 9.18 Å². The maximum atomic E-state index is 13.7. The summed E-state index contributed by atoms with van der Waals surface area (Å²) in [6.07, 6.45) is 3.42. The van der Waals surface area contributed by atoms with E-state index in [1.807, 2.05) is 40.0 Å². The van der Waals surface area contributed by atoms with Crippen LogP contribution in [0.25, 0.3) is 0 Å². The van der Waals surface area contributed by atoms with Crippen LogP contribution in [-0.4, -0.2) is 22.1 Å². The summed E-state index contributed by atoms with van der Waals surface area (Å²) in [4.78, 5) is 16.9. The van der Waals surface area contributed by atoms with Crippen molar-refractivity contribution < 1.29 is 13.9 Å². The van der Waals surface area contributed by atoms with Crippen LogP contribution >= 0.6 is 0 Å². The number of hydrogen-bond donors (Lipinski definition) is 1. The Morgan fingerprint density at radius 3 is 2.54 bits per heavy atom. The Kier molecular flexibility index (Phi) is 5.78. The van der Waals surface area contributed by atoms with Crippen molar-refractivity contribution in [3.8, 4) is 5.75 Å². The molecule has 146 valence electrons. The fourth-order valence-corrected chi connectivity index (χ4v) is 3.37. The smallest absolute Gasteiger partial charge is 0.258 e. The Balaban J connectivity index is 1.78. The van der Waals surface area contributed by atoms with Crippen molar-refractivity contribution in [2.45, 2.75) is 26.8 Å². The fraction of sp³-hybridized carbons (Fsp3) is 0.273. The van der Waals surface area contributed by atoms with Crippen molar-refractivity contribution in [3.63, 3.8) is 0 Å². The topological polar surface area (TPSA) is 56.1 Å². The summed E-state index contributed by atoms with van der Waals surface area (Å²) in [6.45, 7) is 5.79. The highest BCUT2D eigenvalue weighted by Crippen LogP contribution is 2.25. The van der Waals surface area contributed by atoms with E-state index in [0.717, 1.165) is 16.7 Å². The molecule has 0 radical (unpaired) electrons. The molecule has 6 heteroatoms. The zero-order valence-corrected chi connectivity index (χ0v) is 16.5. The van der Waals surface area contributed by atoms with Gasteiger partial charge in [0, 0.05) is 19.4 Å². The van der Waals surface area contributed by atoms with Gasteiger partial charge in [-0.25, -0.2) is 9.37 Å². The molecule has 3 rings (SSSR count). The van der Waals surface area contributed by atoms with Gasteiger partial charge in [0.2, 0.25) is 0 Å². The summed E-state index contributed by atoms with van der Waals surface area (Å²) >= 11 is 0. The number of imidazole rings is 1. The molecular weight excluding hydrogens is 357 g/mol. The molecule has 1 N–H and O–H groups in total. The Bertz CT molecular complexity index is 974. The van der Waals surface area contributed by atoms with E-state index in [2.05, 4.69) is 10.3 Å². The van der Waals surface area contributed by atoms with Crippen molar-refractivity contribution in [2.75, 3.05) is 6.61 Å². The third-order valence-corrected chi connectivity index (χ3v) is 4.56. The minimum atomic E-state index is -0.577. The minimum Gasteiger partial charge on any atom is -0.483 e. The summed E-state index contributed by atoms with van der Waals surface area (Å²) in [6, 6.07) is 9.60. The Morgan fingerprint density at radius 2 is 1.93 bits per heavy atom. The molecule has 1 amide bonds. The molecule has 1 atom stereocenters. The molecule has 5 nitrogen and oxygen atoms in total. The summed E-state index contributed by atoms with van der Waals surface area (Å²) < 4.78 is 21.3. The molecule has 0 saturated carbocycles. The minimum absolute atomic E-state index is 0.138. The number of hydrogen-bond acceptors (Lipinski definition) is 3. The van der Waals surface area contributed by atoms with Crippen molar-refractivity contribution in [1.29, 1.82) is 0 Å². The Morgan fingerprint density at radius 1 is 1.21 bits per heavy atom. The van der Waals surface area contributed by atoms with Crippen molar-refractivity contribution in [1.82, 2.24) is 14.9 Å². The first-order valence-electron chi connectivity index (χ1n) is 9.08. The number of carbonyl (C=O) groups excluding carboxylic acids is 1. The Hall–Kier alpha value is -3.15. The summed E-state index contributed by atoms with van der Waals surface area (Å²) in [5, 5.41) is 2.91.